The molecule has 1 atom stereocenters. The molecule has 1 aliphatic rings. The molecule has 1 aromatic rings. The number of nitrogens with zero attached hydrogens (tertiary/aromatic N) is 1. The van der Waals surface area contributed by atoms with Gasteiger partial charge in [-0.2, -0.15) is 0 Å². The van der Waals surface area contributed by atoms with Crippen molar-refractivity contribution in [1.29, 1.82) is 0 Å². The summed E-state index contributed by atoms with van der Waals surface area (Å²) < 4.78 is 5.08. The molecule has 2 N–H and O–H groups in total. The second-order valence-corrected chi connectivity index (χ2v) is 5.09. The van der Waals surface area contributed by atoms with E-state index in [1.807, 2.05) is 24.3 Å². The first kappa shape index (κ1) is 15.2. The van der Waals surface area contributed by atoms with E-state index in [4.69, 9.17) is 9.84 Å². The molecule has 1 unspecified atom stereocenters. The number of carbonyl (C=O) groups is 2. The zero-order chi connectivity index (χ0) is 15.2. The number of amides is 2. The molecule has 6 nitrogen and oxygen atoms in total. The lowest BCUT2D eigenvalue weighted by Gasteiger charge is -2.23. The fourth-order valence-electron chi connectivity index (χ4n) is 2.54. The van der Waals surface area contributed by atoms with E-state index < -0.39 is 5.97 Å². The van der Waals surface area contributed by atoms with Crippen molar-refractivity contribution >= 4 is 12.0 Å². The Bertz CT molecular complexity index is 501. The highest BCUT2D eigenvalue weighted by Gasteiger charge is 2.30. The Hall–Kier alpha value is -2.24. The van der Waals surface area contributed by atoms with E-state index in [1.54, 1.807) is 12.0 Å². The Labute approximate surface area is 123 Å². The van der Waals surface area contributed by atoms with Crippen molar-refractivity contribution in [3.05, 3.63) is 29.8 Å². The van der Waals surface area contributed by atoms with Crippen molar-refractivity contribution < 1.29 is 19.4 Å². The van der Waals surface area contributed by atoms with E-state index >= 15 is 0 Å². The normalized spacial score (nSPS) is 17.6. The summed E-state index contributed by atoms with van der Waals surface area (Å²) in [5.41, 5.74) is 0.970. The number of nitrogens with one attached hydrogen (secondary N) is 1. The van der Waals surface area contributed by atoms with Crippen LogP contribution < -0.4 is 10.1 Å². The predicted octanol–water partition coefficient (Wildman–Crippen LogP) is 1.84. The Morgan fingerprint density at radius 2 is 2.10 bits per heavy atom. The van der Waals surface area contributed by atoms with Crippen LogP contribution in [0.25, 0.3) is 0 Å². The first-order valence-electron chi connectivity index (χ1n) is 6.99. The quantitative estimate of drug-likeness (QED) is 0.868. The minimum absolute atomic E-state index is 0.00988. The summed E-state index contributed by atoms with van der Waals surface area (Å²) in [4.78, 5) is 24.5. The smallest absolute Gasteiger partial charge is 0.317 e. The molecule has 0 aromatic heterocycles. The summed E-state index contributed by atoms with van der Waals surface area (Å²) >= 11 is 0. The average Bonchev–Trinajstić information content (AvgIpc) is 2.92. The summed E-state index contributed by atoms with van der Waals surface area (Å²) in [5, 5.41) is 11.7. The maximum atomic E-state index is 12.1. The number of hydrogen-bond donors (Lipinski definition) is 2. The number of hydrogen-bond acceptors (Lipinski definition) is 3. The largest absolute Gasteiger partial charge is 0.497 e. The number of carbonyl (C=O) groups excluding carboxylic acids is 1. The number of ether oxygens (including phenoxy) is 1. The molecule has 1 heterocycles. The second-order valence-electron chi connectivity index (χ2n) is 5.09. The second kappa shape index (κ2) is 6.97. The molecule has 0 spiro atoms. The van der Waals surface area contributed by atoms with E-state index in [0.717, 1.165) is 24.2 Å². The summed E-state index contributed by atoms with van der Waals surface area (Å²) in [5.74, 6) is -0.0963. The van der Waals surface area contributed by atoms with Gasteiger partial charge in [-0.15, -0.1) is 0 Å². The molecular formula is C15H20N2O4. The average molecular weight is 292 g/mol. The van der Waals surface area contributed by atoms with Crippen molar-refractivity contribution in [2.75, 3.05) is 13.7 Å². The SMILES string of the molecule is COc1ccc(CNC(=O)N2CCCC2CC(=O)O)cc1. The van der Waals surface area contributed by atoms with Crippen LogP contribution in [0.3, 0.4) is 0 Å². The Morgan fingerprint density at radius 1 is 1.38 bits per heavy atom. The van der Waals surface area contributed by atoms with Crippen LogP contribution in [-0.4, -0.2) is 41.7 Å². The molecule has 114 valence electrons. The third-order valence-electron chi connectivity index (χ3n) is 3.65. The van der Waals surface area contributed by atoms with Crippen molar-refractivity contribution in [2.45, 2.75) is 31.8 Å². The van der Waals surface area contributed by atoms with E-state index in [9.17, 15) is 9.59 Å². The van der Waals surface area contributed by atoms with Crippen LogP contribution in [0.15, 0.2) is 24.3 Å². The van der Waals surface area contributed by atoms with E-state index in [-0.39, 0.29) is 18.5 Å². The van der Waals surface area contributed by atoms with Crippen LogP contribution in [0, 0.1) is 0 Å². The van der Waals surface area contributed by atoms with Gasteiger partial charge in [0.1, 0.15) is 5.75 Å². The molecule has 1 fully saturated rings. The number of aliphatic carboxylic acids is 1. The van der Waals surface area contributed by atoms with E-state index in [2.05, 4.69) is 5.32 Å². The number of rotatable bonds is 5. The number of benzene rings is 1. The van der Waals surface area contributed by atoms with E-state index in [0.29, 0.717) is 13.1 Å². The van der Waals surface area contributed by atoms with Crippen molar-refractivity contribution in [3.8, 4) is 5.75 Å². The fraction of sp³-hybridized carbons (Fsp3) is 0.467. The van der Waals surface area contributed by atoms with Crippen LogP contribution in [0.4, 0.5) is 4.79 Å². The molecule has 0 saturated carbocycles. The van der Waals surface area contributed by atoms with Gasteiger partial charge in [-0.25, -0.2) is 4.79 Å². The summed E-state index contributed by atoms with van der Waals surface area (Å²) in [6.45, 7) is 1.03. The first-order chi connectivity index (χ1) is 10.1. The van der Waals surface area contributed by atoms with Gasteiger partial charge >= 0.3 is 12.0 Å². The molecule has 2 rings (SSSR count). The predicted molar refractivity (Wildman–Crippen MR) is 77.2 cm³/mol. The molecule has 2 amide bonds. The number of methoxy groups -OCH3 is 1. The molecule has 6 heteroatoms. The maximum absolute atomic E-state index is 12.1. The molecule has 1 aromatic carbocycles. The fourth-order valence-corrected chi connectivity index (χ4v) is 2.54. The van der Waals surface area contributed by atoms with Crippen LogP contribution in [0.1, 0.15) is 24.8 Å². The Kier molecular flexibility index (Phi) is 5.03. The lowest BCUT2D eigenvalue weighted by Crippen LogP contribution is -2.43. The summed E-state index contributed by atoms with van der Waals surface area (Å²) in [6.07, 6.45) is 1.62. The van der Waals surface area contributed by atoms with Crippen molar-refractivity contribution in [1.82, 2.24) is 10.2 Å². The van der Waals surface area contributed by atoms with Gasteiger partial charge in [-0.05, 0) is 30.5 Å². The molecule has 21 heavy (non-hydrogen) atoms. The summed E-state index contributed by atoms with van der Waals surface area (Å²) in [7, 11) is 1.60. The van der Waals surface area contributed by atoms with Gasteiger partial charge in [0.05, 0.1) is 13.5 Å². The van der Waals surface area contributed by atoms with Gasteiger partial charge in [-0.1, -0.05) is 12.1 Å². The lowest BCUT2D eigenvalue weighted by molar-refractivity contribution is -0.137. The first-order valence-corrected chi connectivity index (χ1v) is 6.99. The summed E-state index contributed by atoms with van der Waals surface area (Å²) in [6, 6.07) is 7.05. The Balaban J connectivity index is 1.87. The molecular weight excluding hydrogens is 272 g/mol. The lowest BCUT2D eigenvalue weighted by atomic mass is 10.1. The van der Waals surface area contributed by atoms with Crippen LogP contribution in [0.5, 0.6) is 5.75 Å². The van der Waals surface area contributed by atoms with Gasteiger partial charge in [0, 0.05) is 19.1 Å². The zero-order valence-electron chi connectivity index (χ0n) is 12.0. The number of urea groups is 1. The maximum Gasteiger partial charge on any atom is 0.317 e. The highest BCUT2D eigenvalue weighted by Crippen LogP contribution is 2.20. The van der Waals surface area contributed by atoms with Crippen molar-refractivity contribution in [3.63, 3.8) is 0 Å². The minimum Gasteiger partial charge on any atom is -0.497 e. The van der Waals surface area contributed by atoms with Gasteiger partial charge in [-0.3, -0.25) is 4.79 Å². The van der Waals surface area contributed by atoms with Gasteiger partial charge in [0.25, 0.3) is 0 Å². The Morgan fingerprint density at radius 3 is 2.71 bits per heavy atom. The number of carboxylic acids is 1. The molecule has 0 bridgehead atoms. The van der Waals surface area contributed by atoms with E-state index in [1.165, 1.54) is 0 Å². The van der Waals surface area contributed by atoms with Crippen LogP contribution >= 0.6 is 0 Å². The van der Waals surface area contributed by atoms with Gasteiger partial charge in [0.2, 0.25) is 0 Å². The third-order valence-corrected chi connectivity index (χ3v) is 3.65. The highest BCUT2D eigenvalue weighted by atomic mass is 16.5. The minimum atomic E-state index is -0.866. The molecule has 1 aliphatic heterocycles. The number of likely N-dealkylation sites (tertiary alicyclic amines) is 1. The molecule has 0 aliphatic carbocycles. The third kappa shape index (κ3) is 4.11. The van der Waals surface area contributed by atoms with Crippen LogP contribution in [-0.2, 0) is 11.3 Å². The van der Waals surface area contributed by atoms with Crippen molar-refractivity contribution in [2.24, 2.45) is 0 Å². The monoisotopic (exact) mass is 292 g/mol. The highest BCUT2D eigenvalue weighted by molar-refractivity contribution is 5.76. The standard InChI is InChI=1S/C15H20N2O4/c1-21-13-6-4-11(5-7-13)10-16-15(20)17-8-2-3-12(17)9-14(18)19/h4-7,12H,2-3,8-10H2,1H3,(H,16,20)(H,18,19). The number of carboxylic acid groups (broad SMARTS) is 1. The molecule has 1 saturated heterocycles. The van der Waals surface area contributed by atoms with Gasteiger partial charge in [0.15, 0.2) is 0 Å². The topological polar surface area (TPSA) is 78.9 Å². The molecule has 0 radical (unpaired) electrons. The van der Waals surface area contributed by atoms with Gasteiger partial charge < -0.3 is 20.1 Å². The zero-order valence-corrected chi connectivity index (χ0v) is 12.0. The van der Waals surface area contributed by atoms with Crippen LogP contribution in [0.2, 0.25) is 0 Å².